The van der Waals surface area contributed by atoms with Gasteiger partial charge in [0.15, 0.2) is 0 Å². The molecule has 1 saturated heterocycles. The van der Waals surface area contributed by atoms with Crippen LogP contribution in [0.4, 0.5) is 4.39 Å². The summed E-state index contributed by atoms with van der Waals surface area (Å²) in [4.78, 5) is 14.0. The number of halogens is 1. The number of alkyl halides is 1. The Bertz CT molecular complexity index is 1300. The minimum Gasteiger partial charge on any atom is -0.508 e. The number of hydrogen-bond donors (Lipinski definition) is 2. The smallest absolute Gasteiger partial charge is 0.248 e. The topological polar surface area (TPSA) is 85.0 Å². The van der Waals surface area contributed by atoms with Crippen LogP contribution in [0, 0.1) is 5.92 Å². The average molecular weight is 489 g/mol. The second-order valence-corrected chi connectivity index (χ2v) is 9.36. The van der Waals surface area contributed by atoms with E-state index in [-0.39, 0.29) is 18.3 Å². The molecular weight excluding hydrogens is 459 g/mol. The molecule has 0 spiro atoms. The van der Waals surface area contributed by atoms with Crippen LogP contribution >= 0.6 is 0 Å². The van der Waals surface area contributed by atoms with Crippen molar-refractivity contribution in [3.05, 3.63) is 89.0 Å². The van der Waals surface area contributed by atoms with Crippen LogP contribution in [0.5, 0.6) is 17.2 Å². The maximum Gasteiger partial charge on any atom is 0.248 e. The Balaban J connectivity index is 1.41. The summed E-state index contributed by atoms with van der Waals surface area (Å²) in [6.07, 6.45) is -0.432. The molecule has 2 heterocycles. The van der Waals surface area contributed by atoms with Crippen molar-refractivity contribution in [1.29, 1.82) is 0 Å². The molecule has 1 atom stereocenters. The quantitative estimate of drug-likeness (QED) is 0.474. The molecule has 36 heavy (non-hydrogen) atoms. The summed E-state index contributed by atoms with van der Waals surface area (Å²) in [7, 11) is 0. The van der Waals surface area contributed by atoms with Gasteiger partial charge in [-0.3, -0.25) is 14.1 Å². The number of phenolic OH excluding ortho intramolecular Hbond substituents is 1. The van der Waals surface area contributed by atoms with Gasteiger partial charge in [-0.25, -0.2) is 0 Å². The molecule has 3 aromatic carbocycles. The van der Waals surface area contributed by atoms with Gasteiger partial charge in [0.2, 0.25) is 5.91 Å². The average Bonchev–Trinajstić information content (AvgIpc) is 2.86. The molecule has 0 bridgehead atoms. The molecule has 1 amide bonds. The van der Waals surface area contributed by atoms with Crippen molar-refractivity contribution in [2.24, 2.45) is 11.7 Å². The lowest BCUT2D eigenvalue weighted by Gasteiger charge is -2.37. The summed E-state index contributed by atoms with van der Waals surface area (Å²) in [5.74, 6) is 1.25. The molecule has 3 aromatic rings. The highest BCUT2D eigenvalue weighted by molar-refractivity contribution is 5.98. The number of carbonyl (C=O) groups is 1. The molecular formula is C29H29FN2O4. The Morgan fingerprint density at radius 3 is 2.64 bits per heavy atom. The number of fused-ring (bicyclic) bond motifs is 1. The molecule has 0 aliphatic carbocycles. The van der Waals surface area contributed by atoms with E-state index in [4.69, 9.17) is 15.2 Å². The van der Waals surface area contributed by atoms with Gasteiger partial charge < -0.3 is 20.3 Å². The fourth-order valence-corrected chi connectivity index (χ4v) is 4.87. The number of amides is 1. The predicted molar refractivity (Wildman–Crippen MR) is 137 cm³/mol. The zero-order valence-corrected chi connectivity index (χ0v) is 20.1. The van der Waals surface area contributed by atoms with E-state index in [1.54, 1.807) is 36.4 Å². The van der Waals surface area contributed by atoms with Crippen LogP contribution in [0.2, 0.25) is 0 Å². The first kappa shape index (κ1) is 23.9. The van der Waals surface area contributed by atoms with Gasteiger partial charge in [0.05, 0.1) is 6.67 Å². The van der Waals surface area contributed by atoms with Crippen LogP contribution in [0.1, 0.15) is 40.1 Å². The van der Waals surface area contributed by atoms with Gasteiger partial charge >= 0.3 is 0 Å². The first-order chi connectivity index (χ1) is 17.4. The molecule has 0 unspecified atom stereocenters. The number of ether oxygens (including phenoxy) is 2. The minimum atomic E-state index is -0.499. The van der Waals surface area contributed by atoms with Crippen molar-refractivity contribution in [2.75, 3.05) is 32.9 Å². The Labute approximate surface area is 209 Å². The van der Waals surface area contributed by atoms with Gasteiger partial charge in [-0.2, -0.15) is 0 Å². The highest BCUT2D eigenvalue weighted by atomic mass is 19.1. The molecule has 2 aliphatic heterocycles. The molecule has 0 aromatic heterocycles. The van der Waals surface area contributed by atoms with E-state index in [1.165, 1.54) is 0 Å². The Morgan fingerprint density at radius 1 is 1.14 bits per heavy atom. The number of allylic oxidation sites excluding steroid dienone is 1. The maximum atomic E-state index is 12.6. The summed E-state index contributed by atoms with van der Waals surface area (Å²) in [5, 5.41) is 10.1. The maximum absolute atomic E-state index is 12.6. The highest BCUT2D eigenvalue weighted by Crippen LogP contribution is 2.47. The van der Waals surface area contributed by atoms with Crippen LogP contribution in [0.3, 0.4) is 0 Å². The summed E-state index contributed by atoms with van der Waals surface area (Å²) in [5.41, 5.74) is 10.3. The molecule has 1 fully saturated rings. The van der Waals surface area contributed by atoms with Crippen LogP contribution in [-0.4, -0.2) is 48.8 Å². The van der Waals surface area contributed by atoms with Gasteiger partial charge in [-0.05, 0) is 66.1 Å². The second-order valence-electron chi connectivity index (χ2n) is 9.36. The molecule has 6 nitrogen and oxygen atoms in total. The summed E-state index contributed by atoms with van der Waals surface area (Å²) in [6, 6.07) is 20.0. The lowest BCUT2D eigenvalue weighted by Crippen LogP contribution is -2.49. The number of hydrogen-bond acceptors (Lipinski definition) is 5. The number of nitrogens with two attached hydrogens (primary N) is 1. The number of benzene rings is 3. The number of likely N-dealkylation sites (tertiary alicyclic amines) is 1. The Kier molecular flexibility index (Phi) is 6.65. The van der Waals surface area contributed by atoms with Crippen molar-refractivity contribution >= 4 is 17.1 Å². The molecule has 186 valence electrons. The number of phenols is 1. The van der Waals surface area contributed by atoms with Crippen molar-refractivity contribution in [1.82, 2.24) is 4.90 Å². The van der Waals surface area contributed by atoms with E-state index in [2.05, 4.69) is 4.90 Å². The zero-order valence-electron chi connectivity index (χ0n) is 20.1. The number of aromatic hydroxyl groups is 1. The summed E-state index contributed by atoms with van der Waals surface area (Å²) < 4.78 is 24.9. The van der Waals surface area contributed by atoms with Crippen molar-refractivity contribution in [3.63, 3.8) is 0 Å². The van der Waals surface area contributed by atoms with E-state index in [0.717, 1.165) is 53.2 Å². The molecule has 0 radical (unpaired) electrons. The van der Waals surface area contributed by atoms with Gasteiger partial charge in [-0.15, -0.1) is 0 Å². The van der Waals surface area contributed by atoms with E-state index < -0.39 is 12.0 Å². The third-order valence-corrected chi connectivity index (χ3v) is 6.85. The monoisotopic (exact) mass is 488 g/mol. The largest absolute Gasteiger partial charge is 0.508 e. The lowest BCUT2D eigenvalue weighted by atomic mass is 9.85. The van der Waals surface area contributed by atoms with Gasteiger partial charge in [0, 0.05) is 42.3 Å². The summed E-state index contributed by atoms with van der Waals surface area (Å²) in [6.45, 7) is 4.64. The van der Waals surface area contributed by atoms with Crippen molar-refractivity contribution < 1.29 is 23.8 Å². The predicted octanol–water partition coefficient (Wildman–Crippen LogP) is 4.84. The zero-order chi connectivity index (χ0) is 25.2. The van der Waals surface area contributed by atoms with E-state index in [1.807, 2.05) is 37.3 Å². The minimum absolute atomic E-state index is 0.153. The van der Waals surface area contributed by atoms with E-state index in [0.29, 0.717) is 17.9 Å². The second kappa shape index (κ2) is 10.0. The van der Waals surface area contributed by atoms with Gasteiger partial charge in [0.25, 0.3) is 0 Å². The Hall–Kier alpha value is -3.84. The number of rotatable bonds is 8. The molecule has 3 N–H and O–H groups in total. The number of nitrogens with zero attached hydrogens (tertiary/aromatic N) is 1. The van der Waals surface area contributed by atoms with Crippen LogP contribution in [-0.2, 0) is 0 Å². The van der Waals surface area contributed by atoms with Crippen LogP contribution in [0.15, 0.2) is 66.7 Å². The summed E-state index contributed by atoms with van der Waals surface area (Å²) >= 11 is 0. The van der Waals surface area contributed by atoms with Crippen molar-refractivity contribution in [3.8, 4) is 17.2 Å². The lowest BCUT2D eigenvalue weighted by molar-refractivity contribution is 0.0668. The fraction of sp³-hybridized carbons (Fsp3) is 0.276. The van der Waals surface area contributed by atoms with Gasteiger partial charge in [-0.1, -0.05) is 24.3 Å². The van der Waals surface area contributed by atoms with Crippen LogP contribution < -0.4 is 15.2 Å². The molecule has 5 rings (SSSR count). The first-order valence-electron chi connectivity index (χ1n) is 12.0. The number of primary amides is 1. The standard InChI is InChI=1S/C29H29FN2O4/c1-18-25-14-23(33)7-10-26(25)36-28(27(18)21-3-2-4-22(13-21)29(31)34)20-5-8-24(9-6-20)35-12-11-32-16-19(15-30)17-32/h2-10,13-14,19,28,33H,11-12,15-17H2,1H3,(H2,31,34)/t28-/m0/s1. The fourth-order valence-electron chi connectivity index (χ4n) is 4.87. The Morgan fingerprint density at radius 2 is 1.92 bits per heavy atom. The first-order valence-corrected chi connectivity index (χ1v) is 12.0. The SMILES string of the molecule is CC1=C(c2cccc(C(N)=O)c2)[C@H](c2ccc(OCCN3CC(CF)C3)cc2)Oc2ccc(O)cc21. The van der Waals surface area contributed by atoms with Crippen molar-refractivity contribution in [2.45, 2.75) is 13.0 Å². The van der Waals surface area contributed by atoms with E-state index in [9.17, 15) is 14.3 Å². The normalized spacial score (nSPS) is 17.8. The molecule has 2 aliphatic rings. The van der Waals surface area contributed by atoms with Gasteiger partial charge in [0.1, 0.15) is 30.0 Å². The van der Waals surface area contributed by atoms with E-state index >= 15 is 0 Å². The molecule has 7 heteroatoms. The highest BCUT2D eigenvalue weighted by Gasteiger charge is 2.30. The molecule has 0 saturated carbocycles. The third-order valence-electron chi connectivity index (χ3n) is 6.85. The van der Waals surface area contributed by atoms with Crippen LogP contribution in [0.25, 0.3) is 11.1 Å². The third kappa shape index (κ3) is 4.79. The number of carbonyl (C=O) groups excluding carboxylic acids is 1.